The van der Waals surface area contributed by atoms with Crippen LogP contribution in [0, 0.1) is 0 Å². The highest BCUT2D eigenvalue weighted by Crippen LogP contribution is 2.27. The number of hydrogen-bond donors (Lipinski definition) is 1. The summed E-state index contributed by atoms with van der Waals surface area (Å²) >= 11 is 0. The second-order valence-corrected chi connectivity index (χ2v) is 17.1. The lowest BCUT2D eigenvalue weighted by atomic mass is 10.1. The Morgan fingerprint density at radius 2 is 0.868 bits per heavy atom. The van der Waals surface area contributed by atoms with Gasteiger partial charge in [-0.15, -0.1) is 0 Å². The van der Waals surface area contributed by atoms with Crippen molar-refractivity contribution in [1.29, 1.82) is 0 Å². The molecule has 0 aromatic carbocycles. The van der Waals surface area contributed by atoms with Crippen LogP contribution in [0.5, 0.6) is 0 Å². The van der Waals surface area contributed by atoms with E-state index in [-0.39, 0.29) is 0 Å². The molecule has 0 atom stereocenters. The molecule has 0 unspecified atom stereocenters. The molecule has 0 aromatic rings. The van der Waals surface area contributed by atoms with Crippen molar-refractivity contribution in [1.82, 2.24) is 20.0 Å². The first-order chi connectivity index (χ1) is 26.1. The zero-order valence-corrected chi connectivity index (χ0v) is 36.8. The van der Waals surface area contributed by atoms with E-state index in [1.807, 2.05) is 4.90 Å². The molecule has 53 heavy (non-hydrogen) atoms. The Hall–Kier alpha value is -0.910. The third-order valence-corrected chi connectivity index (χ3v) is 11.6. The van der Waals surface area contributed by atoms with E-state index in [0.29, 0.717) is 12.5 Å². The number of nitrogens with one attached hydrogen (secondary N) is 1. The van der Waals surface area contributed by atoms with Crippen LogP contribution < -0.4 is 5.32 Å². The zero-order chi connectivity index (χ0) is 38.3. The van der Waals surface area contributed by atoms with Gasteiger partial charge in [-0.05, 0) is 58.8 Å². The normalized spacial score (nSPS) is 14.2. The minimum atomic E-state index is 0.293. The SMILES string of the molecule is CCCCCCCCCCCCN(C)CC(=O)N1CCNCC1.CCCCCCCCCCCCN(CC=C1CC1)CCCCCCCCCCCC. The number of carbonyl (C=O) groups is 1. The van der Waals surface area contributed by atoms with E-state index in [1.165, 1.54) is 225 Å². The quantitative estimate of drug-likeness (QED) is 0.0508. The molecular formula is C48H96N4O. The fourth-order valence-corrected chi connectivity index (χ4v) is 7.67. The van der Waals surface area contributed by atoms with Crippen LogP contribution in [0.3, 0.4) is 0 Å². The molecule has 5 nitrogen and oxygen atoms in total. The molecule has 2 rings (SSSR count). The van der Waals surface area contributed by atoms with Gasteiger partial charge in [0.15, 0.2) is 0 Å². The van der Waals surface area contributed by atoms with Crippen LogP contribution in [-0.2, 0) is 4.79 Å². The predicted octanol–water partition coefficient (Wildman–Crippen LogP) is 13.1. The molecule has 1 saturated heterocycles. The van der Waals surface area contributed by atoms with Crippen molar-refractivity contribution >= 4 is 5.91 Å². The Morgan fingerprint density at radius 1 is 0.528 bits per heavy atom. The fraction of sp³-hybridized carbons (Fsp3) is 0.938. The average molecular weight is 745 g/mol. The van der Waals surface area contributed by atoms with Gasteiger partial charge in [0, 0.05) is 32.7 Å². The smallest absolute Gasteiger partial charge is 0.236 e. The number of likely N-dealkylation sites (N-methyl/N-ethyl adjacent to an activating group) is 1. The van der Waals surface area contributed by atoms with Gasteiger partial charge in [0.25, 0.3) is 0 Å². The topological polar surface area (TPSA) is 38.8 Å². The van der Waals surface area contributed by atoms with Crippen LogP contribution in [-0.4, -0.2) is 86.6 Å². The molecule has 1 saturated carbocycles. The van der Waals surface area contributed by atoms with Gasteiger partial charge in [0.05, 0.1) is 6.54 Å². The summed E-state index contributed by atoms with van der Waals surface area (Å²) in [5.74, 6) is 0.293. The van der Waals surface area contributed by atoms with E-state index in [4.69, 9.17) is 0 Å². The molecule has 0 aromatic heterocycles. The van der Waals surface area contributed by atoms with Crippen molar-refractivity contribution in [2.45, 2.75) is 226 Å². The van der Waals surface area contributed by atoms with Crippen LogP contribution >= 0.6 is 0 Å². The summed E-state index contributed by atoms with van der Waals surface area (Å²) in [6.45, 7) is 16.0. The second kappa shape index (κ2) is 39.3. The van der Waals surface area contributed by atoms with E-state index in [9.17, 15) is 4.79 Å². The molecule has 1 amide bonds. The summed E-state index contributed by atoms with van der Waals surface area (Å²) in [5.41, 5.74) is 1.71. The van der Waals surface area contributed by atoms with Crippen LogP contribution in [0.25, 0.3) is 0 Å². The third kappa shape index (κ3) is 35.3. The molecule has 1 N–H and O–H groups in total. The molecule has 1 aliphatic carbocycles. The Kier molecular flexibility index (Phi) is 37.2. The van der Waals surface area contributed by atoms with Crippen LogP contribution in [0.1, 0.15) is 226 Å². The van der Waals surface area contributed by atoms with Gasteiger partial charge in [0.2, 0.25) is 5.91 Å². The van der Waals surface area contributed by atoms with E-state index < -0.39 is 0 Å². The third-order valence-electron chi connectivity index (χ3n) is 11.6. The van der Waals surface area contributed by atoms with Gasteiger partial charge in [-0.3, -0.25) is 14.6 Å². The van der Waals surface area contributed by atoms with Crippen molar-refractivity contribution in [3.63, 3.8) is 0 Å². The molecule has 314 valence electrons. The average Bonchev–Trinajstić information content (AvgIpc) is 4.01. The maximum atomic E-state index is 12.1. The summed E-state index contributed by atoms with van der Waals surface area (Å²) in [7, 11) is 2.08. The monoisotopic (exact) mass is 745 g/mol. The first-order valence-electron chi connectivity index (χ1n) is 24.2. The Morgan fingerprint density at radius 3 is 1.23 bits per heavy atom. The van der Waals surface area contributed by atoms with Crippen molar-refractivity contribution in [2.75, 3.05) is 66.0 Å². The molecule has 2 aliphatic rings. The highest BCUT2D eigenvalue weighted by molar-refractivity contribution is 5.78. The number of allylic oxidation sites excluding steroid dienone is 1. The Labute approximate surface area is 333 Å². The zero-order valence-electron chi connectivity index (χ0n) is 36.8. The molecule has 2 fully saturated rings. The van der Waals surface area contributed by atoms with E-state index in [1.54, 1.807) is 5.57 Å². The van der Waals surface area contributed by atoms with Gasteiger partial charge >= 0.3 is 0 Å². The molecular weight excluding hydrogens is 649 g/mol. The Bertz CT molecular complexity index is 764. The van der Waals surface area contributed by atoms with Crippen molar-refractivity contribution in [3.8, 4) is 0 Å². The standard InChI is InChI=1S/C29H57N.C19H39N3O/c1-3-5-7-9-11-13-15-17-19-21-26-30(28-25-29-23-24-29)27-22-20-18-16-14-12-10-8-6-4-2;1-3-4-5-6-7-8-9-10-11-12-15-21(2)18-19(23)22-16-13-20-14-17-22/h25H,3-24,26-28H2,1-2H3;20H,3-18H2,1-2H3. The van der Waals surface area contributed by atoms with Crippen molar-refractivity contribution in [2.24, 2.45) is 0 Å². The first kappa shape index (κ1) is 50.1. The van der Waals surface area contributed by atoms with Gasteiger partial charge in [-0.25, -0.2) is 0 Å². The number of unbranched alkanes of at least 4 members (excludes halogenated alkanes) is 27. The lowest BCUT2D eigenvalue weighted by molar-refractivity contribution is -0.132. The van der Waals surface area contributed by atoms with Gasteiger partial charge < -0.3 is 10.2 Å². The second-order valence-electron chi connectivity index (χ2n) is 17.1. The van der Waals surface area contributed by atoms with Crippen LogP contribution in [0.4, 0.5) is 0 Å². The maximum Gasteiger partial charge on any atom is 0.236 e. The number of amides is 1. The number of nitrogens with zero attached hydrogens (tertiary/aromatic N) is 3. The molecule has 1 heterocycles. The highest BCUT2D eigenvalue weighted by Gasteiger charge is 2.17. The summed E-state index contributed by atoms with van der Waals surface area (Å²) in [4.78, 5) is 19.1. The van der Waals surface area contributed by atoms with Crippen molar-refractivity contribution in [3.05, 3.63) is 11.6 Å². The largest absolute Gasteiger partial charge is 0.339 e. The summed E-state index contributed by atoms with van der Waals surface area (Å²) in [6.07, 6.45) is 47.9. The summed E-state index contributed by atoms with van der Waals surface area (Å²) in [6, 6.07) is 0. The maximum absolute atomic E-state index is 12.1. The van der Waals surface area contributed by atoms with Crippen LogP contribution in [0.2, 0.25) is 0 Å². The lowest BCUT2D eigenvalue weighted by Gasteiger charge is -2.29. The summed E-state index contributed by atoms with van der Waals surface area (Å²) in [5, 5.41) is 3.29. The van der Waals surface area contributed by atoms with E-state index in [2.05, 4.69) is 49.0 Å². The number of carbonyl (C=O) groups excluding carboxylic acids is 1. The number of rotatable bonds is 37. The fourth-order valence-electron chi connectivity index (χ4n) is 7.67. The van der Waals surface area contributed by atoms with Crippen molar-refractivity contribution < 1.29 is 4.79 Å². The molecule has 0 radical (unpaired) electrons. The minimum absolute atomic E-state index is 0.293. The lowest BCUT2D eigenvalue weighted by Crippen LogP contribution is -2.49. The van der Waals surface area contributed by atoms with E-state index in [0.717, 1.165) is 32.7 Å². The number of hydrogen-bond acceptors (Lipinski definition) is 4. The molecule has 0 bridgehead atoms. The molecule has 0 spiro atoms. The molecule has 5 heteroatoms. The Balaban J connectivity index is 0.000000549. The highest BCUT2D eigenvalue weighted by atomic mass is 16.2. The predicted molar refractivity (Wildman–Crippen MR) is 236 cm³/mol. The molecule has 1 aliphatic heterocycles. The summed E-state index contributed by atoms with van der Waals surface area (Å²) < 4.78 is 0. The van der Waals surface area contributed by atoms with Gasteiger partial charge in [0.1, 0.15) is 0 Å². The van der Waals surface area contributed by atoms with Crippen LogP contribution in [0.15, 0.2) is 11.6 Å². The minimum Gasteiger partial charge on any atom is -0.339 e. The number of piperazine rings is 1. The van der Waals surface area contributed by atoms with Gasteiger partial charge in [-0.2, -0.15) is 0 Å². The van der Waals surface area contributed by atoms with E-state index >= 15 is 0 Å². The first-order valence-corrected chi connectivity index (χ1v) is 24.2. The van der Waals surface area contributed by atoms with Gasteiger partial charge in [-0.1, -0.05) is 206 Å².